The maximum Gasteiger partial charge on any atom is 0.138 e. The van der Waals surface area contributed by atoms with Gasteiger partial charge in [-0.1, -0.05) is 0 Å². The highest BCUT2D eigenvalue weighted by Gasteiger charge is 2.15. The summed E-state index contributed by atoms with van der Waals surface area (Å²) in [6.45, 7) is 2.75. The van der Waals surface area contributed by atoms with Crippen LogP contribution in [0.15, 0.2) is 18.6 Å². The lowest BCUT2D eigenvalue weighted by atomic mass is 10.2. The second kappa shape index (κ2) is 4.44. The van der Waals surface area contributed by atoms with Crippen LogP contribution in [0.4, 0.5) is 0 Å². The van der Waals surface area contributed by atoms with E-state index >= 15 is 0 Å². The summed E-state index contributed by atoms with van der Waals surface area (Å²) in [5.41, 5.74) is 0.783. The molecule has 0 fully saturated rings. The van der Waals surface area contributed by atoms with Crippen LogP contribution in [0.3, 0.4) is 0 Å². The largest absolute Gasteiger partial charge is 0.386 e. The molecule has 1 N–H and O–H groups in total. The molecule has 0 spiro atoms. The number of aliphatic hydroxyl groups is 1. The van der Waals surface area contributed by atoms with Gasteiger partial charge in [-0.05, 0) is 13.0 Å². The van der Waals surface area contributed by atoms with Crippen LogP contribution in [-0.2, 0) is 20.0 Å². The minimum Gasteiger partial charge on any atom is -0.386 e. The van der Waals surface area contributed by atoms with Gasteiger partial charge in [0.2, 0.25) is 0 Å². The molecular weight excluding hydrogens is 206 g/mol. The Morgan fingerprint density at radius 1 is 1.44 bits per heavy atom. The van der Waals surface area contributed by atoms with Crippen molar-refractivity contribution in [2.75, 3.05) is 0 Å². The van der Waals surface area contributed by atoms with E-state index in [9.17, 15) is 5.11 Å². The van der Waals surface area contributed by atoms with Crippen molar-refractivity contribution in [2.24, 2.45) is 7.05 Å². The molecule has 6 nitrogen and oxygen atoms in total. The molecule has 6 heteroatoms. The van der Waals surface area contributed by atoms with E-state index in [-0.39, 0.29) is 0 Å². The van der Waals surface area contributed by atoms with Crippen molar-refractivity contribution >= 4 is 0 Å². The second-order valence-corrected chi connectivity index (χ2v) is 3.59. The fraction of sp³-hybridized carbons (Fsp3) is 0.500. The molecule has 16 heavy (non-hydrogen) atoms. The first-order chi connectivity index (χ1) is 7.72. The van der Waals surface area contributed by atoms with Crippen LogP contribution >= 0.6 is 0 Å². The van der Waals surface area contributed by atoms with E-state index in [2.05, 4.69) is 15.2 Å². The van der Waals surface area contributed by atoms with E-state index in [0.29, 0.717) is 6.42 Å². The van der Waals surface area contributed by atoms with Gasteiger partial charge >= 0.3 is 0 Å². The van der Waals surface area contributed by atoms with Crippen LogP contribution in [0, 0.1) is 0 Å². The Labute approximate surface area is 93.5 Å². The zero-order valence-electron chi connectivity index (χ0n) is 9.41. The van der Waals surface area contributed by atoms with E-state index in [1.54, 1.807) is 21.6 Å². The topological polar surface area (TPSA) is 68.8 Å². The first kappa shape index (κ1) is 10.8. The van der Waals surface area contributed by atoms with Crippen LogP contribution in [0.5, 0.6) is 0 Å². The van der Waals surface area contributed by atoms with E-state index in [0.717, 1.165) is 18.1 Å². The molecule has 1 atom stereocenters. The van der Waals surface area contributed by atoms with Gasteiger partial charge in [-0.2, -0.15) is 10.2 Å². The number of nitrogens with zero attached hydrogens (tertiary/aromatic N) is 5. The zero-order valence-corrected chi connectivity index (χ0v) is 9.41. The second-order valence-electron chi connectivity index (χ2n) is 3.59. The molecule has 0 saturated heterocycles. The molecule has 2 rings (SSSR count). The lowest BCUT2D eigenvalue weighted by Gasteiger charge is -2.10. The van der Waals surface area contributed by atoms with Crippen molar-refractivity contribution in [3.8, 4) is 0 Å². The number of rotatable bonds is 4. The molecule has 0 radical (unpaired) electrons. The summed E-state index contributed by atoms with van der Waals surface area (Å²) in [6, 6.07) is 1.80. The van der Waals surface area contributed by atoms with Crippen molar-refractivity contribution in [2.45, 2.75) is 26.0 Å². The standard InChI is InChI=1S/C10H15N5O/c1-3-15-10(11-7-13-15)6-9(16)8-4-5-12-14(8)2/h4-5,7,9,16H,3,6H2,1-2H3. The fourth-order valence-electron chi connectivity index (χ4n) is 1.70. The molecule has 0 aliphatic carbocycles. The van der Waals surface area contributed by atoms with Gasteiger partial charge in [0.15, 0.2) is 0 Å². The Morgan fingerprint density at radius 2 is 2.25 bits per heavy atom. The first-order valence-corrected chi connectivity index (χ1v) is 5.25. The highest BCUT2D eigenvalue weighted by molar-refractivity contribution is 5.06. The molecule has 0 saturated carbocycles. The molecule has 1 unspecified atom stereocenters. The van der Waals surface area contributed by atoms with Gasteiger partial charge in [0.1, 0.15) is 18.3 Å². The Hall–Kier alpha value is -1.69. The number of aromatic nitrogens is 5. The maximum atomic E-state index is 10.0. The Kier molecular flexibility index (Phi) is 3.00. The third-order valence-electron chi connectivity index (χ3n) is 2.57. The summed E-state index contributed by atoms with van der Waals surface area (Å²) in [4.78, 5) is 4.13. The van der Waals surface area contributed by atoms with Crippen LogP contribution < -0.4 is 0 Å². The van der Waals surface area contributed by atoms with E-state index in [1.807, 2.05) is 14.0 Å². The quantitative estimate of drug-likeness (QED) is 0.806. The molecule has 0 aromatic carbocycles. The highest BCUT2D eigenvalue weighted by atomic mass is 16.3. The van der Waals surface area contributed by atoms with Gasteiger partial charge < -0.3 is 5.11 Å². The van der Waals surface area contributed by atoms with Crippen LogP contribution in [0.2, 0.25) is 0 Å². The molecule has 2 heterocycles. The predicted octanol–water partition coefficient (Wildman–Crippen LogP) is 0.308. The average Bonchev–Trinajstić information content (AvgIpc) is 2.86. The van der Waals surface area contributed by atoms with E-state index in [1.165, 1.54) is 6.33 Å². The number of hydrogen-bond acceptors (Lipinski definition) is 4. The van der Waals surface area contributed by atoms with Gasteiger partial charge in [-0.3, -0.25) is 9.36 Å². The summed E-state index contributed by atoms with van der Waals surface area (Å²) in [7, 11) is 1.81. The molecule has 2 aromatic rings. The van der Waals surface area contributed by atoms with E-state index < -0.39 is 6.10 Å². The predicted molar refractivity (Wildman–Crippen MR) is 57.6 cm³/mol. The minimum absolute atomic E-state index is 0.452. The first-order valence-electron chi connectivity index (χ1n) is 5.25. The summed E-state index contributed by atoms with van der Waals surface area (Å²) < 4.78 is 3.44. The minimum atomic E-state index is -0.595. The summed E-state index contributed by atoms with van der Waals surface area (Å²) in [5, 5.41) is 18.1. The van der Waals surface area contributed by atoms with Gasteiger partial charge in [0, 0.05) is 26.2 Å². The molecule has 2 aromatic heterocycles. The van der Waals surface area contributed by atoms with E-state index in [4.69, 9.17) is 0 Å². The number of aryl methyl sites for hydroxylation is 2. The lowest BCUT2D eigenvalue weighted by molar-refractivity contribution is 0.164. The lowest BCUT2D eigenvalue weighted by Crippen LogP contribution is -2.12. The van der Waals surface area contributed by atoms with Gasteiger partial charge in [0.25, 0.3) is 0 Å². The van der Waals surface area contributed by atoms with Crippen LogP contribution in [0.1, 0.15) is 24.5 Å². The number of aliphatic hydroxyl groups excluding tert-OH is 1. The monoisotopic (exact) mass is 221 g/mol. The van der Waals surface area contributed by atoms with Crippen molar-refractivity contribution in [1.29, 1.82) is 0 Å². The Morgan fingerprint density at radius 3 is 2.88 bits per heavy atom. The van der Waals surface area contributed by atoms with Gasteiger partial charge in [-0.15, -0.1) is 0 Å². The molecular formula is C10H15N5O. The van der Waals surface area contributed by atoms with Crippen molar-refractivity contribution in [3.63, 3.8) is 0 Å². The smallest absolute Gasteiger partial charge is 0.138 e. The third kappa shape index (κ3) is 1.96. The van der Waals surface area contributed by atoms with Crippen molar-refractivity contribution in [3.05, 3.63) is 30.1 Å². The van der Waals surface area contributed by atoms with Gasteiger partial charge in [-0.25, -0.2) is 4.98 Å². The normalized spacial score (nSPS) is 12.9. The zero-order chi connectivity index (χ0) is 11.5. The summed E-state index contributed by atoms with van der Waals surface area (Å²) in [5.74, 6) is 0.788. The fourth-order valence-corrected chi connectivity index (χ4v) is 1.70. The van der Waals surface area contributed by atoms with Crippen LogP contribution in [0.25, 0.3) is 0 Å². The van der Waals surface area contributed by atoms with Crippen molar-refractivity contribution < 1.29 is 5.11 Å². The highest BCUT2D eigenvalue weighted by Crippen LogP contribution is 2.15. The van der Waals surface area contributed by atoms with Crippen LogP contribution in [-0.4, -0.2) is 29.7 Å². The maximum absolute atomic E-state index is 10.0. The Balaban J connectivity index is 2.13. The average molecular weight is 221 g/mol. The molecule has 0 amide bonds. The SMILES string of the molecule is CCn1ncnc1CC(O)c1ccnn1C. The van der Waals surface area contributed by atoms with Gasteiger partial charge in [0.05, 0.1) is 5.69 Å². The third-order valence-corrected chi connectivity index (χ3v) is 2.57. The Bertz CT molecular complexity index is 461. The molecule has 0 aliphatic heterocycles. The summed E-state index contributed by atoms with van der Waals surface area (Å²) in [6.07, 6.45) is 3.03. The summed E-state index contributed by atoms with van der Waals surface area (Å²) >= 11 is 0. The molecule has 0 bridgehead atoms. The number of hydrogen-bond donors (Lipinski definition) is 1. The van der Waals surface area contributed by atoms with Crippen molar-refractivity contribution in [1.82, 2.24) is 24.5 Å². The molecule has 0 aliphatic rings. The molecule has 86 valence electrons.